The SMILES string of the molecule is CCC(CC)C(=O)Nc1cccc(C(=O)NCc2ccc(Cl)cc2)c1. The maximum Gasteiger partial charge on any atom is 0.251 e. The Labute approximate surface area is 153 Å². The first-order chi connectivity index (χ1) is 12.0. The van der Waals surface area contributed by atoms with E-state index >= 15 is 0 Å². The Morgan fingerprint density at radius 3 is 2.36 bits per heavy atom. The Hall–Kier alpha value is -2.33. The first-order valence-electron chi connectivity index (χ1n) is 8.47. The summed E-state index contributed by atoms with van der Waals surface area (Å²) in [6.45, 7) is 4.41. The summed E-state index contributed by atoms with van der Waals surface area (Å²) in [5.74, 6) is -0.209. The van der Waals surface area contributed by atoms with E-state index in [1.54, 1.807) is 36.4 Å². The van der Waals surface area contributed by atoms with Crippen LogP contribution in [0.4, 0.5) is 5.69 Å². The maximum absolute atomic E-state index is 12.3. The van der Waals surface area contributed by atoms with Crippen LogP contribution in [0.25, 0.3) is 0 Å². The van der Waals surface area contributed by atoms with Crippen molar-refractivity contribution in [2.45, 2.75) is 33.2 Å². The highest BCUT2D eigenvalue weighted by Gasteiger charge is 2.14. The van der Waals surface area contributed by atoms with E-state index in [0.717, 1.165) is 18.4 Å². The van der Waals surface area contributed by atoms with Crippen molar-refractivity contribution >= 4 is 29.1 Å². The number of rotatable bonds is 7. The lowest BCUT2D eigenvalue weighted by atomic mass is 10.0. The van der Waals surface area contributed by atoms with E-state index in [1.165, 1.54) is 0 Å². The Morgan fingerprint density at radius 2 is 1.72 bits per heavy atom. The highest BCUT2D eigenvalue weighted by Crippen LogP contribution is 2.15. The third-order valence-corrected chi connectivity index (χ3v) is 4.37. The van der Waals surface area contributed by atoms with Crippen LogP contribution >= 0.6 is 11.6 Å². The first-order valence-corrected chi connectivity index (χ1v) is 8.84. The minimum Gasteiger partial charge on any atom is -0.348 e. The Balaban J connectivity index is 1.98. The number of hydrogen-bond acceptors (Lipinski definition) is 2. The summed E-state index contributed by atoms with van der Waals surface area (Å²) in [6, 6.07) is 14.3. The molecule has 2 aromatic rings. The number of anilines is 1. The van der Waals surface area contributed by atoms with Gasteiger partial charge >= 0.3 is 0 Å². The lowest BCUT2D eigenvalue weighted by Gasteiger charge is -2.13. The van der Waals surface area contributed by atoms with Gasteiger partial charge < -0.3 is 10.6 Å². The molecule has 0 spiro atoms. The summed E-state index contributed by atoms with van der Waals surface area (Å²) < 4.78 is 0. The van der Waals surface area contributed by atoms with E-state index in [4.69, 9.17) is 11.6 Å². The van der Waals surface area contributed by atoms with Gasteiger partial charge in [-0.05, 0) is 48.7 Å². The smallest absolute Gasteiger partial charge is 0.251 e. The zero-order valence-corrected chi connectivity index (χ0v) is 15.3. The molecule has 2 aromatic carbocycles. The fourth-order valence-corrected chi connectivity index (χ4v) is 2.65. The van der Waals surface area contributed by atoms with Crippen molar-refractivity contribution < 1.29 is 9.59 Å². The van der Waals surface area contributed by atoms with Crippen LogP contribution in [0.3, 0.4) is 0 Å². The number of carbonyl (C=O) groups excluding carboxylic acids is 2. The fourth-order valence-electron chi connectivity index (χ4n) is 2.53. The van der Waals surface area contributed by atoms with Gasteiger partial charge in [0.1, 0.15) is 0 Å². The van der Waals surface area contributed by atoms with Crippen molar-refractivity contribution in [2.24, 2.45) is 5.92 Å². The molecule has 0 saturated heterocycles. The molecule has 0 aliphatic carbocycles. The van der Waals surface area contributed by atoms with Crippen molar-refractivity contribution in [1.82, 2.24) is 5.32 Å². The highest BCUT2D eigenvalue weighted by molar-refractivity contribution is 6.30. The van der Waals surface area contributed by atoms with Gasteiger partial charge in [0.25, 0.3) is 5.91 Å². The summed E-state index contributed by atoms with van der Waals surface area (Å²) in [5, 5.41) is 6.41. The molecule has 25 heavy (non-hydrogen) atoms. The van der Waals surface area contributed by atoms with Crippen LogP contribution in [-0.4, -0.2) is 11.8 Å². The molecule has 0 unspecified atom stereocenters. The molecule has 2 N–H and O–H groups in total. The van der Waals surface area contributed by atoms with E-state index in [2.05, 4.69) is 10.6 Å². The summed E-state index contributed by atoms with van der Waals surface area (Å²) >= 11 is 5.85. The number of nitrogens with one attached hydrogen (secondary N) is 2. The Morgan fingerprint density at radius 1 is 1.04 bits per heavy atom. The van der Waals surface area contributed by atoms with Gasteiger partial charge in [0.2, 0.25) is 5.91 Å². The molecule has 0 fully saturated rings. The zero-order valence-electron chi connectivity index (χ0n) is 14.5. The standard InChI is InChI=1S/C20H23ClN2O2/c1-3-15(4-2)20(25)23-18-7-5-6-16(12-18)19(24)22-13-14-8-10-17(21)11-9-14/h5-12,15H,3-4,13H2,1-2H3,(H,22,24)(H,23,25). The topological polar surface area (TPSA) is 58.2 Å². The molecule has 132 valence electrons. The highest BCUT2D eigenvalue weighted by atomic mass is 35.5. The van der Waals surface area contributed by atoms with Gasteiger partial charge in [-0.3, -0.25) is 9.59 Å². The molecule has 0 heterocycles. The van der Waals surface area contributed by atoms with Crippen molar-refractivity contribution in [3.05, 3.63) is 64.7 Å². The molecule has 0 aliphatic rings. The monoisotopic (exact) mass is 358 g/mol. The van der Waals surface area contributed by atoms with Crippen LogP contribution in [0, 0.1) is 5.92 Å². The fraction of sp³-hybridized carbons (Fsp3) is 0.300. The third kappa shape index (κ3) is 5.61. The average molecular weight is 359 g/mol. The summed E-state index contributed by atoms with van der Waals surface area (Å²) in [6.07, 6.45) is 1.59. The lowest BCUT2D eigenvalue weighted by molar-refractivity contribution is -0.120. The second-order valence-corrected chi connectivity index (χ2v) is 6.33. The van der Waals surface area contributed by atoms with Gasteiger partial charge in [-0.1, -0.05) is 43.6 Å². The number of benzene rings is 2. The van der Waals surface area contributed by atoms with Crippen molar-refractivity contribution in [3.8, 4) is 0 Å². The van der Waals surface area contributed by atoms with E-state index in [-0.39, 0.29) is 17.7 Å². The Kier molecular flexibility index (Phi) is 7.02. The second kappa shape index (κ2) is 9.23. The third-order valence-electron chi connectivity index (χ3n) is 4.12. The number of hydrogen-bond donors (Lipinski definition) is 2. The van der Waals surface area contributed by atoms with Crippen LogP contribution < -0.4 is 10.6 Å². The Bertz CT molecular complexity index is 725. The zero-order chi connectivity index (χ0) is 18.2. The van der Waals surface area contributed by atoms with Crippen molar-refractivity contribution in [3.63, 3.8) is 0 Å². The molecule has 0 aromatic heterocycles. The minimum absolute atomic E-state index is 0.0104. The van der Waals surface area contributed by atoms with Gasteiger partial charge in [-0.25, -0.2) is 0 Å². The molecule has 5 heteroatoms. The van der Waals surface area contributed by atoms with Crippen LogP contribution in [0.2, 0.25) is 5.02 Å². The average Bonchev–Trinajstić information content (AvgIpc) is 2.62. The number of carbonyl (C=O) groups is 2. The van der Waals surface area contributed by atoms with Crippen molar-refractivity contribution in [2.75, 3.05) is 5.32 Å². The largest absolute Gasteiger partial charge is 0.348 e. The van der Waals surface area contributed by atoms with Crippen LogP contribution in [-0.2, 0) is 11.3 Å². The van der Waals surface area contributed by atoms with Crippen LogP contribution in [0.1, 0.15) is 42.6 Å². The summed E-state index contributed by atoms with van der Waals surface area (Å²) in [5.41, 5.74) is 2.11. The normalized spacial score (nSPS) is 10.6. The lowest BCUT2D eigenvalue weighted by Crippen LogP contribution is -2.24. The second-order valence-electron chi connectivity index (χ2n) is 5.89. The molecular formula is C20H23ClN2O2. The quantitative estimate of drug-likeness (QED) is 0.757. The van der Waals surface area contributed by atoms with E-state index < -0.39 is 0 Å². The molecular weight excluding hydrogens is 336 g/mol. The van der Waals surface area contributed by atoms with Crippen LogP contribution in [0.15, 0.2) is 48.5 Å². The molecule has 0 atom stereocenters. The molecule has 0 bridgehead atoms. The predicted molar refractivity (Wildman–Crippen MR) is 102 cm³/mol. The molecule has 0 radical (unpaired) electrons. The van der Waals surface area contributed by atoms with E-state index in [9.17, 15) is 9.59 Å². The molecule has 0 saturated carbocycles. The van der Waals surface area contributed by atoms with Crippen LogP contribution in [0.5, 0.6) is 0 Å². The molecule has 0 aliphatic heterocycles. The summed E-state index contributed by atoms with van der Waals surface area (Å²) in [4.78, 5) is 24.5. The summed E-state index contributed by atoms with van der Waals surface area (Å²) in [7, 11) is 0. The van der Waals surface area contributed by atoms with Gasteiger partial charge in [0.05, 0.1) is 0 Å². The molecule has 4 nitrogen and oxygen atoms in total. The van der Waals surface area contributed by atoms with Gasteiger partial charge in [-0.2, -0.15) is 0 Å². The minimum atomic E-state index is -0.186. The molecule has 2 rings (SSSR count). The maximum atomic E-state index is 12.3. The predicted octanol–water partition coefficient (Wildman–Crippen LogP) is 4.64. The van der Waals surface area contributed by atoms with E-state index in [1.807, 2.05) is 26.0 Å². The molecule has 2 amide bonds. The van der Waals surface area contributed by atoms with Gasteiger partial charge in [0.15, 0.2) is 0 Å². The number of halogens is 1. The first kappa shape index (κ1) is 19.0. The number of amides is 2. The van der Waals surface area contributed by atoms with Gasteiger partial charge in [-0.15, -0.1) is 0 Å². The van der Waals surface area contributed by atoms with Gasteiger partial charge in [0, 0.05) is 28.7 Å². The van der Waals surface area contributed by atoms with Crippen molar-refractivity contribution in [1.29, 1.82) is 0 Å². The van der Waals surface area contributed by atoms with E-state index in [0.29, 0.717) is 22.8 Å².